The number of likely N-dealkylation sites (tertiary alicyclic amines) is 1. The minimum absolute atomic E-state index is 0. The van der Waals surface area contributed by atoms with Gasteiger partial charge in [-0.25, -0.2) is 0 Å². The van der Waals surface area contributed by atoms with Crippen molar-refractivity contribution in [3.63, 3.8) is 0 Å². The predicted molar refractivity (Wildman–Crippen MR) is 121 cm³/mol. The maximum atomic E-state index is 11.7. The first-order valence-corrected chi connectivity index (χ1v) is 10.2. The van der Waals surface area contributed by atoms with Gasteiger partial charge in [-0.2, -0.15) is 0 Å². The van der Waals surface area contributed by atoms with Crippen molar-refractivity contribution in [1.82, 2.24) is 25.3 Å². The van der Waals surface area contributed by atoms with Gasteiger partial charge in [0.2, 0.25) is 5.91 Å². The average molecular weight is 492 g/mol. The molecule has 27 heavy (non-hydrogen) atoms. The summed E-state index contributed by atoms with van der Waals surface area (Å²) in [5.41, 5.74) is 0.106. The Kier molecular flexibility index (Phi) is 8.61. The topological polar surface area (TPSA) is 63.2 Å². The van der Waals surface area contributed by atoms with Gasteiger partial charge in [0, 0.05) is 70.2 Å². The number of nitrogens with zero attached hydrogens (tertiary/aromatic N) is 4. The van der Waals surface area contributed by atoms with Gasteiger partial charge in [0.1, 0.15) is 0 Å². The van der Waals surface area contributed by atoms with E-state index in [9.17, 15) is 4.79 Å². The number of guanidine groups is 1. The molecule has 0 aliphatic carbocycles. The number of hydrogen-bond acceptors (Lipinski definition) is 4. The summed E-state index contributed by atoms with van der Waals surface area (Å²) in [7, 11) is 2.19. The number of likely N-dealkylation sites (N-methyl/N-ethyl adjacent to an activating group) is 1. The van der Waals surface area contributed by atoms with Gasteiger partial charge in [-0.3, -0.25) is 14.7 Å². The van der Waals surface area contributed by atoms with Crippen LogP contribution < -0.4 is 10.6 Å². The van der Waals surface area contributed by atoms with E-state index in [0.717, 1.165) is 77.7 Å². The molecule has 3 aliphatic rings. The molecule has 3 heterocycles. The molecule has 2 N–H and O–H groups in total. The molecule has 0 bridgehead atoms. The predicted octanol–water partition coefficient (Wildman–Crippen LogP) is 0.808. The van der Waals surface area contributed by atoms with Gasteiger partial charge >= 0.3 is 0 Å². The van der Waals surface area contributed by atoms with Crippen LogP contribution in [0, 0.1) is 5.41 Å². The summed E-state index contributed by atoms with van der Waals surface area (Å²) in [4.78, 5) is 24.0. The smallest absolute Gasteiger partial charge is 0.220 e. The lowest BCUT2D eigenvalue weighted by Crippen LogP contribution is -2.52. The summed E-state index contributed by atoms with van der Waals surface area (Å²) >= 11 is 0. The molecule has 3 saturated heterocycles. The minimum atomic E-state index is 0. The highest BCUT2D eigenvalue weighted by atomic mass is 127. The van der Waals surface area contributed by atoms with E-state index in [-0.39, 0.29) is 35.3 Å². The van der Waals surface area contributed by atoms with Crippen LogP contribution in [0.2, 0.25) is 0 Å². The van der Waals surface area contributed by atoms with Crippen LogP contribution in [0.4, 0.5) is 0 Å². The zero-order valence-electron chi connectivity index (χ0n) is 17.2. The number of carbonyl (C=O) groups is 1. The first-order chi connectivity index (χ1) is 12.5. The number of halogens is 1. The number of carbonyl (C=O) groups excluding carboxylic acids is 1. The van der Waals surface area contributed by atoms with Gasteiger partial charge in [-0.05, 0) is 33.7 Å². The Labute approximate surface area is 181 Å². The number of nitrogens with one attached hydrogen (secondary N) is 2. The van der Waals surface area contributed by atoms with Crippen molar-refractivity contribution in [2.24, 2.45) is 10.4 Å². The molecule has 7 nitrogen and oxygen atoms in total. The Balaban J connectivity index is 0.00000261. The molecular weight excluding hydrogens is 455 g/mol. The van der Waals surface area contributed by atoms with E-state index < -0.39 is 0 Å². The van der Waals surface area contributed by atoms with Crippen molar-refractivity contribution in [3.05, 3.63) is 0 Å². The minimum Gasteiger partial charge on any atom is -0.357 e. The fraction of sp³-hybridized carbons (Fsp3) is 0.895. The second-order valence-electron chi connectivity index (χ2n) is 8.36. The third-order valence-corrected chi connectivity index (χ3v) is 6.16. The van der Waals surface area contributed by atoms with Crippen molar-refractivity contribution in [1.29, 1.82) is 0 Å². The Hall–Kier alpha value is -0.610. The largest absolute Gasteiger partial charge is 0.357 e. The molecule has 3 fully saturated rings. The molecule has 0 radical (unpaired) electrons. The SMILES string of the molecule is CCNC(=NCC(C)N1CCN(C)CC1)N1CCCC2(CNC(=O)C2)C1.I. The zero-order chi connectivity index (χ0) is 18.6. The molecule has 1 amide bonds. The van der Waals surface area contributed by atoms with Gasteiger partial charge in [-0.15, -0.1) is 24.0 Å². The van der Waals surface area contributed by atoms with E-state index >= 15 is 0 Å². The Morgan fingerprint density at radius 2 is 2.04 bits per heavy atom. The molecule has 8 heteroatoms. The summed E-state index contributed by atoms with van der Waals surface area (Å²) in [6.07, 6.45) is 2.94. The van der Waals surface area contributed by atoms with Crippen LogP contribution >= 0.6 is 24.0 Å². The lowest BCUT2D eigenvalue weighted by Gasteiger charge is -2.41. The summed E-state index contributed by atoms with van der Waals surface area (Å²) < 4.78 is 0. The van der Waals surface area contributed by atoms with Crippen molar-refractivity contribution >= 4 is 35.8 Å². The number of hydrogen-bond donors (Lipinski definition) is 2. The Morgan fingerprint density at radius 1 is 1.30 bits per heavy atom. The summed E-state index contributed by atoms with van der Waals surface area (Å²) in [5.74, 6) is 1.23. The van der Waals surface area contributed by atoms with Crippen molar-refractivity contribution < 1.29 is 4.79 Å². The summed E-state index contributed by atoms with van der Waals surface area (Å²) in [6.45, 7) is 13.4. The Bertz CT molecular complexity index is 522. The molecule has 0 aromatic rings. The standard InChI is InChI=1S/C19H36N6O.HI/c1-4-20-18(21-13-16(2)24-10-8-23(3)9-11-24)25-7-5-6-19(15-25)12-17(26)22-14-19;/h16H,4-15H2,1-3H3,(H,20,21)(H,22,26);1H. The van der Waals surface area contributed by atoms with Crippen LogP contribution in [-0.4, -0.2) is 98.6 Å². The van der Waals surface area contributed by atoms with E-state index in [2.05, 4.69) is 46.2 Å². The van der Waals surface area contributed by atoms with Crippen LogP contribution in [0.15, 0.2) is 4.99 Å². The first-order valence-electron chi connectivity index (χ1n) is 10.2. The van der Waals surface area contributed by atoms with Crippen LogP contribution in [-0.2, 0) is 4.79 Å². The van der Waals surface area contributed by atoms with Crippen LogP contribution in [0.3, 0.4) is 0 Å². The molecule has 0 aromatic carbocycles. The number of piperazine rings is 1. The second-order valence-corrected chi connectivity index (χ2v) is 8.36. The maximum Gasteiger partial charge on any atom is 0.220 e. The molecule has 0 saturated carbocycles. The third-order valence-electron chi connectivity index (χ3n) is 6.16. The van der Waals surface area contributed by atoms with Crippen LogP contribution in [0.25, 0.3) is 0 Å². The molecule has 156 valence electrons. The highest BCUT2D eigenvalue weighted by Crippen LogP contribution is 2.36. The van der Waals surface area contributed by atoms with E-state index in [1.807, 2.05) is 0 Å². The van der Waals surface area contributed by atoms with Gasteiger partial charge < -0.3 is 20.4 Å². The van der Waals surface area contributed by atoms with E-state index in [0.29, 0.717) is 12.5 Å². The van der Waals surface area contributed by atoms with E-state index in [4.69, 9.17) is 4.99 Å². The fourth-order valence-corrected chi connectivity index (χ4v) is 4.45. The second kappa shape index (κ2) is 10.2. The normalized spacial score (nSPS) is 28.8. The van der Waals surface area contributed by atoms with Gasteiger partial charge in [0.15, 0.2) is 5.96 Å². The monoisotopic (exact) mass is 492 g/mol. The number of piperidine rings is 1. The van der Waals surface area contributed by atoms with E-state index in [1.54, 1.807) is 0 Å². The van der Waals surface area contributed by atoms with Gasteiger partial charge in [0.25, 0.3) is 0 Å². The third kappa shape index (κ3) is 5.93. The molecule has 3 rings (SSSR count). The highest BCUT2D eigenvalue weighted by molar-refractivity contribution is 14.0. The van der Waals surface area contributed by atoms with Crippen molar-refractivity contribution in [2.45, 2.75) is 39.2 Å². The molecule has 2 unspecified atom stereocenters. The highest BCUT2D eigenvalue weighted by Gasteiger charge is 2.42. The maximum absolute atomic E-state index is 11.7. The quantitative estimate of drug-likeness (QED) is 0.346. The first kappa shape index (κ1) is 22.7. The van der Waals surface area contributed by atoms with Gasteiger partial charge in [0.05, 0.1) is 6.54 Å². The van der Waals surface area contributed by atoms with Crippen LogP contribution in [0.5, 0.6) is 0 Å². The Morgan fingerprint density at radius 3 is 2.67 bits per heavy atom. The van der Waals surface area contributed by atoms with Crippen LogP contribution in [0.1, 0.15) is 33.1 Å². The molecular formula is C19H37IN6O. The fourth-order valence-electron chi connectivity index (χ4n) is 4.45. The molecule has 1 spiro atoms. The van der Waals surface area contributed by atoms with Crippen molar-refractivity contribution in [3.8, 4) is 0 Å². The summed E-state index contributed by atoms with van der Waals surface area (Å²) in [5, 5.41) is 6.51. The number of amides is 1. The lowest BCUT2D eigenvalue weighted by molar-refractivity contribution is -0.119. The number of aliphatic imine (C=N–C) groups is 1. The zero-order valence-corrected chi connectivity index (χ0v) is 19.5. The molecule has 2 atom stereocenters. The lowest BCUT2D eigenvalue weighted by atomic mass is 9.79. The van der Waals surface area contributed by atoms with E-state index in [1.165, 1.54) is 0 Å². The number of rotatable bonds is 4. The summed E-state index contributed by atoms with van der Waals surface area (Å²) in [6, 6.07) is 0.464. The molecule has 0 aromatic heterocycles. The van der Waals surface area contributed by atoms with Crippen molar-refractivity contribution in [2.75, 3.05) is 66.0 Å². The molecule has 3 aliphatic heterocycles. The van der Waals surface area contributed by atoms with Gasteiger partial charge in [-0.1, -0.05) is 0 Å². The average Bonchev–Trinajstić information content (AvgIpc) is 2.98.